The van der Waals surface area contributed by atoms with Gasteiger partial charge in [-0.1, -0.05) is 54.1 Å². The van der Waals surface area contributed by atoms with E-state index in [0.717, 1.165) is 34.5 Å². The summed E-state index contributed by atoms with van der Waals surface area (Å²) in [6.45, 7) is 6.89. The molecule has 0 spiro atoms. The smallest absolute Gasteiger partial charge is 0.272 e. The average Bonchev–Trinajstić information content (AvgIpc) is 2.85. The van der Waals surface area contributed by atoms with E-state index in [-0.39, 0.29) is 5.56 Å². The maximum absolute atomic E-state index is 12.5. The van der Waals surface area contributed by atoms with Crippen molar-refractivity contribution in [1.82, 2.24) is 9.78 Å². The Morgan fingerprint density at radius 1 is 1.00 bits per heavy atom. The average molecular weight is 292 g/mol. The fourth-order valence-electron chi connectivity index (χ4n) is 2.82. The second kappa shape index (κ2) is 5.68. The van der Waals surface area contributed by atoms with Crippen LogP contribution in [0, 0.1) is 13.8 Å². The van der Waals surface area contributed by atoms with E-state index in [1.54, 1.807) is 0 Å². The highest BCUT2D eigenvalue weighted by molar-refractivity contribution is 5.82. The Bertz CT molecular complexity index is 854. The van der Waals surface area contributed by atoms with Crippen LogP contribution in [0.1, 0.15) is 18.1 Å². The molecule has 2 aromatic carbocycles. The Hall–Kier alpha value is -2.55. The summed E-state index contributed by atoms with van der Waals surface area (Å²) in [4.78, 5) is 12.5. The maximum Gasteiger partial charge on any atom is 0.272 e. The Labute approximate surface area is 130 Å². The zero-order valence-electron chi connectivity index (χ0n) is 13.2. The number of hydrogen-bond acceptors (Lipinski definition) is 1. The first-order valence-electron chi connectivity index (χ1n) is 7.57. The monoisotopic (exact) mass is 292 g/mol. The lowest BCUT2D eigenvalue weighted by Gasteiger charge is -2.11. The molecule has 0 fully saturated rings. The predicted octanol–water partition coefficient (Wildman–Crippen LogP) is 4.15. The Kier molecular flexibility index (Phi) is 3.72. The van der Waals surface area contributed by atoms with Crippen LogP contribution in [0.15, 0.2) is 53.3 Å². The van der Waals surface area contributed by atoms with Gasteiger partial charge in [0, 0.05) is 12.1 Å². The third kappa shape index (κ3) is 2.39. The van der Waals surface area contributed by atoms with E-state index >= 15 is 0 Å². The summed E-state index contributed by atoms with van der Waals surface area (Å²) in [5.74, 6) is 0. The third-order valence-electron chi connectivity index (χ3n) is 4.03. The maximum atomic E-state index is 12.5. The summed E-state index contributed by atoms with van der Waals surface area (Å²) >= 11 is 0. The van der Waals surface area contributed by atoms with E-state index in [2.05, 4.69) is 24.2 Å². The first kappa shape index (κ1) is 14.4. The minimum Gasteiger partial charge on any atom is -0.284 e. The summed E-state index contributed by atoms with van der Waals surface area (Å²) in [6, 6.07) is 16.3. The van der Waals surface area contributed by atoms with Gasteiger partial charge in [0.05, 0.1) is 11.3 Å². The van der Waals surface area contributed by atoms with Crippen LogP contribution in [-0.2, 0) is 6.54 Å². The first-order valence-corrected chi connectivity index (χ1v) is 7.57. The van der Waals surface area contributed by atoms with E-state index in [4.69, 9.17) is 0 Å². The number of aromatic nitrogens is 2. The Morgan fingerprint density at radius 2 is 1.68 bits per heavy atom. The van der Waals surface area contributed by atoms with Crippen molar-refractivity contribution >= 4 is 0 Å². The van der Waals surface area contributed by atoms with Crippen molar-refractivity contribution in [3.05, 3.63) is 70.0 Å². The molecule has 3 rings (SSSR count). The van der Waals surface area contributed by atoms with Crippen LogP contribution in [0.3, 0.4) is 0 Å². The van der Waals surface area contributed by atoms with Gasteiger partial charge in [0.2, 0.25) is 0 Å². The molecule has 0 unspecified atom stereocenters. The third-order valence-corrected chi connectivity index (χ3v) is 4.03. The molecule has 1 N–H and O–H groups in total. The lowest BCUT2D eigenvalue weighted by molar-refractivity contribution is 0.659. The highest BCUT2D eigenvalue weighted by Gasteiger charge is 2.18. The van der Waals surface area contributed by atoms with Crippen molar-refractivity contribution < 1.29 is 0 Å². The molecule has 22 heavy (non-hydrogen) atoms. The second-order valence-corrected chi connectivity index (χ2v) is 5.59. The van der Waals surface area contributed by atoms with Crippen LogP contribution in [0.2, 0.25) is 0 Å². The lowest BCUT2D eigenvalue weighted by Crippen LogP contribution is -2.05. The molecule has 3 aromatic rings. The fourth-order valence-corrected chi connectivity index (χ4v) is 2.82. The quantitative estimate of drug-likeness (QED) is 0.773. The number of benzene rings is 2. The van der Waals surface area contributed by atoms with Gasteiger partial charge in [0.1, 0.15) is 0 Å². The van der Waals surface area contributed by atoms with Crippen molar-refractivity contribution in [2.45, 2.75) is 27.3 Å². The van der Waals surface area contributed by atoms with Gasteiger partial charge in [0.15, 0.2) is 0 Å². The summed E-state index contributed by atoms with van der Waals surface area (Å²) in [6.07, 6.45) is 0. The topological polar surface area (TPSA) is 37.8 Å². The molecule has 112 valence electrons. The van der Waals surface area contributed by atoms with Crippen LogP contribution in [0.5, 0.6) is 0 Å². The normalized spacial score (nSPS) is 10.9. The first-order chi connectivity index (χ1) is 10.6. The van der Waals surface area contributed by atoms with E-state index < -0.39 is 0 Å². The minimum absolute atomic E-state index is 0.0380. The van der Waals surface area contributed by atoms with Gasteiger partial charge in [-0.05, 0) is 31.9 Å². The molecule has 0 aliphatic rings. The van der Waals surface area contributed by atoms with Gasteiger partial charge in [-0.25, -0.2) is 0 Å². The van der Waals surface area contributed by atoms with Crippen LogP contribution < -0.4 is 5.56 Å². The van der Waals surface area contributed by atoms with Crippen molar-refractivity contribution in [3.63, 3.8) is 0 Å². The zero-order valence-corrected chi connectivity index (χ0v) is 13.2. The number of aryl methyl sites for hydroxylation is 3. The number of H-pyrrole nitrogens is 1. The summed E-state index contributed by atoms with van der Waals surface area (Å²) in [5, 5.41) is 2.96. The fraction of sp³-hybridized carbons (Fsp3) is 0.211. The van der Waals surface area contributed by atoms with Gasteiger partial charge in [-0.2, -0.15) is 0 Å². The molecule has 1 heterocycles. The van der Waals surface area contributed by atoms with E-state index in [1.165, 1.54) is 5.56 Å². The summed E-state index contributed by atoms with van der Waals surface area (Å²) in [7, 11) is 0. The number of nitrogens with zero attached hydrogens (tertiary/aromatic N) is 1. The molecule has 0 aliphatic heterocycles. The highest BCUT2D eigenvalue weighted by Crippen LogP contribution is 2.31. The van der Waals surface area contributed by atoms with Gasteiger partial charge in [-0.3, -0.25) is 14.6 Å². The molecule has 0 amide bonds. The highest BCUT2D eigenvalue weighted by atomic mass is 16.1. The largest absolute Gasteiger partial charge is 0.284 e. The molecular weight excluding hydrogens is 272 g/mol. The zero-order chi connectivity index (χ0) is 15.7. The molecule has 0 aliphatic carbocycles. The van der Waals surface area contributed by atoms with Crippen molar-refractivity contribution in [3.8, 4) is 22.4 Å². The molecule has 0 atom stereocenters. The summed E-state index contributed by atoms with van der Waals surface area (Å²) in [5.41, 5.74) is 6.08. The SMILES string of the molecule is CCn1[nH]c(=O)c(-c2ccc(C)cc2)c1-c1ccccc1C. The van der Waals surface area contributed by atoms with Gasteiger partial charge in [0.25, 0.3) is 5.56 Å². The Balaban J connectivity index is 2.32. The molecule has 0 saturated carbocycles. The molecule has 3 heteroatoms. The molecular formula is C19H20N2O. The van der Waals surface area contributed by atoms with E-state index in [1.807, 2.05) is 54.9 Å². The van der Waals surface area contributed by atoms with E-state index in [9.17, 15) is 4.79 Å². The van der Waals surface area contributed by atoms with Crippen molar-refractivity contribution in [1.29, 1.82) is 0 Å². The lowest BCUT2D eigenvalue weighted by atomic mass is 9.97. The van der Waals surface area contributed by atoms with Crippen LogP contribution >= 0.6 is 0 Å². The van der Waals surface area contributed by atoms with Crippen LogP contribution in [0.25, 0.3) is 22.4 Å². The summed E-state index contributed by atoms with van der Waals surface area (Å²) < 4.78 is 1.93. The molecule has 3 nitrogen and oxygen atoms in total. The van der Waals surface area contributed by atoms with Gasteiger partial charge < -0.3 is 0 Å². The van der Waals surface area contributed by atoms with Crippen LogP contribution in [0.4, 0.5) is 0 Å². The molecule has 0 bridgehead atoms. The van der Waals surface area contributed by atoms with Crippen LogP contribution in [-0.4, -0.2) is 9.78 Å². The Morgan fingerprint density at radius 3 is 2.32 bits per heavy atom. The minimum atomic E-state index is -0.0380. The number of rotatable bonds is 3. The van der Waals surface area contributed by atoms with E-state index in [0.29, 0.717) is 0 Å². The standard InChI is InChI=1S/C19H20N2O/c1-4-21-18(16-8-6-5-7-14(16)3)17(19(22)20-21)15-11-9-13(2)10-12-15/h5-12H,4H2,1-3H3,(H,20,22). The van der Waals surface area contributed by atoms with Crippen molar-refractivity contribution in [2.24, 2.45) is 0 Å². The number of hydrogen-bond donors (Lipinski definition) is 1. The second-order valence-electron chi connectivity index (χ2n) is 5.59. The van der Waals surface area contributed by atoms with Gasteiger partial charge >= 0.3 is 0 Å². The molecule has 1 aromatic heterocycles. The number of aromatic amines is 1. The molecule has 0 saturated heterocycles. The predicted molar refractivity (Wildman–Crippen MR) is 91.1 cm³/mol. The number of nitrogens with one attached hydrogen (secondary N) is 1. The molecule has 0 radical (unpaired) electrons. The van der Waals surface area contributed by atoms with Gasteiger partial charge in [-0.15, -0.1) is 0 Å². The van der Waals surface area contributed by atoms with Crippen molar-refractivity contribution in [2.75, 3.05) is 0 Å².